The molecule has 0 amide bonds. The molecule has 0 N–H and O–H groups in total. The molecule has 8 rings (SSSR count). The van der Waals surface area contributed by atoms with E-state index in [9.17, 15) is 9.59 Å². The summed E-state index contributed by atoms with van der Waals surface area (Å²) in [5, 5.41) is 3.23. The van der Waals surface area contributed by atoms with Crippen molar-refractivity contribution in [1.29, 1.82) is 0 Å². The SMILES string of the molecule is CC.O=c1n(-c2ccncc2)c2c(n1-c1ccncc1)S[N+]1(S2)Sc2c(n(-c3ccncc3)c(=O)n2-c2ccncc2)S1. The summed E-state index contributed by atoms with van der Waals surface area (Å²) < 4.78 is 7.22. The first kappa shape index (κ1) is 27.8. The summed E-state index contributed by atoms with van der Waals surface area (Å²) in [5.74, 6) is 0. The van der Waals surface area contributed by atoms with Crippen LogP contribution < -0.4 is 11.4 Å². The van der Waals surface area contributed by atoms with Gasteiger partial charge in [0.25, 0.3) is 0 Å². The number of nitrogens with zero attached hydrogens (tertiary/aromatic N) is 9. The summed E-state index contributed by atoms with van der Waals surface area (Å²) in [6.45, 7) is 4.00. The number of quaternary nitrogens is 1. The lowest BCUT2D eigenvalue weighted by molar-refractivity contribution is -0.268. The van der Waals surface area contributed by atoms with Gasteiger partial charge in [-0.15, -0.1) is 0 Å². The lowest BCUT2D eigenvalue weighted by Gasteiger charge is -2.18. The molecule has 6 aromatic heterocycles. The molecule has 2 aliphatic rings. The van der Waals surface area contributed by atoms with Crippen LogP contribution in [0.1, 0.15) is 13.8 Å². The van der Waals surface area contributed by atoms with Crippen molar-refractivity contribution >= 4 is 47.8 Å². The Morgan fingerprint density at radius 3 is 0.860 bits per heavy atom. The number of hydrogen-bond acceptors (Lipinski definition) is 10. The van der Waals surface area contributed by atoms with Crippen LogP contribution in [0.4, 0.5) is 0 Å². The maximum atomic E-state index is 13.9. The van der Waals surface area contributed by atoms with Crippen molar-refractivity contribution in [2.24, 2.45) is 0 Å². The van der Waals surface area contributed by atoms with Gasteiger partial charge in [-0.2, -0.15) is 0 Å². The summed E-state index contributed by atoms with van der Waals surface area (Å²) in [6.07, 6.45) is 13.4. The second kappa shape index (κ2) is 11.2. The summed E-state index contributed by atoms with van der Waals surface area (Å²) >= 11 is 6.20. The van der Waals surface area contributed by atoms with E-state index in [-0.39, 0.29) is 11.4 Å². The minimum absolute atomic E-state index is 0.174. The molecule has 0 saturated heterocycles. The van der Waals surface area contributed by atoms with Gasteiger partial charge in [0.05, 0.1) is 22.7 Å². The van der Waals surface area contributed by atoms with Crippen molar-refractivity contribution in [3.8, 4) is 22.7 Å². The number of imidazole rings is 2. The van der Waals surface area contributed by atoms with E-state index in [0.717, 1.165) is 42.9 Å². The minimum Gasteiger partial charge on any atom is -0.265 e. The zero-order valence-electron chi connectivity index (χ0n) is 22.7. The molecule has 0 aromatic carbocycles. The monoisotopic (exact) mass is 644 g/mol. The average Bonchev–Trinajstić information content (AvgIpc) is 3.74. The van der Waals surface area contributed by atoms with Gasteiger partial charge in [-0.05, 0) is 48.5 Å². The Labute approximate surface area is 262 Å². The van der Waals surface area contributed by atoms with Crippen LogP contribution in [-0.4, -0.2) is 40.3 Å². The Morgan fingerprint density at radius 1 is 0.442 bits per heavy atom. The Morgan fingerprint density at radius 2 is 0.651 bits per heavy atom. The summed E-state index contributed by atoms with van der Waals surface area (Å²) in [6, 6.07) is 14.6. The van der Waals surface area contributed by atoms with Crippen LogP contribution in [0.2, 0.25) is 0 Å². The molecule has 0 atom stereocenters. The third-order valence-electron chi connectivity index (χ3n) is 6.42. The second-order valence-corrected chi connectivity index (χ2v) is 14.6. The summed E-state index contributed by atoms with van der Waals surface area (Å²) in [4.78, 5) is 44.3. The van der Waals surface area contributed by atoms with E-state index < -0.39 is 0 Å². The van der Waals surface area contributed by atoms with Crippen LogP contribution in [0.5, 0.6) is 0 Å². The zero-order valence-corrected chi connectivity index (χ0v) is 26.0. The molecule has 15 heteroatoms. The molecule has 8 heterocycles. The molecule has 6 aromatic rings. The fourth-order valence-corrected chi connectivity index (χ4v) is 11.1. The van der Waals surface area contributed by atoms with E-state index in [1.807, 2.05) is 62.4 Å². The lowest BCUT2D eigenvalue weighted by Crippen LogP contribution is -2.26. The molecule has 1 spiro atoms. The fourth-order valence-electron chi connectivity index (χ4n) is 4.67. The molecule has 0 saturated carbocycles. The van der Waals surface area contributed by atoms with Gasteiger partial charge in [0.2, 0.25) is 0 Å². The molecule has 0 fully saturated rings. The number of hydrogen-bond donors (Lipinski definition) is 0. The highest BCUT2D eigenvalue weighted by atomic mass is 32.3. The van der Waals surface area contributed by atoms with Crippen LogP contribution in [0.25, 0.3) is 22.7 Å². The van der Waals surface area contributed by atoms with Crippen molar-refractivity contribution in [2.75, 3.05) is 0 Å². The minimum atomic E-state index is -0.174. The van der Waals surface area contributed by atoms with Crippen molar-refractivity contribution in [1.82, 2.24) is 38.2 Å². The predicted molar refractivity (Wildman–Crippen MR) is 169 cm³/mol. The van der Waals surface area contributed by atoms with Gasteiger partial charge >= 0.3 is 11.4 Å². The Balaban J connectivity index is 0.00000147. The van der Waals surface area contributed by atoms with Crippen LogP contribution in [-0.2, 0) is 0 Å². The smallest absolute Gasteiger partial charge is 0.265 e. The first-order chi connectivity index (χ1) is 21.1. The third-order valence-corrected chi connectivity index (χ3v) is 12.5. The highest BCUT2D eigenvalue weighted by Gasteiger charge is 2.58. The molecule has 0 radical (unpaired) electrons. The summed E-state index contributed by atoms with van der Waals surface area (Å²) in [5.41, 5.74) is 2.56. The maximum Gasteiger partial charge on any atom is 0.339 e. The van der Waals surface area contributed by atoms with Crippen LogP contribution in [0.15, 0.2) is 128 Å². The van der Waals surface area contributed by atoms with Crippen LogP contribution >= 0.6 is 47.8 Å². The molecule has 43 heavy (non-hydrogen) atoms. The average molecular weight is 645 g/mol. The van der Waals surface area contributed by atoms with E-state index in [0.29, 0.717) is 2.10 Å². The zero-order chi connectivity index (χ0) is 29.6. The van der Waals surface area contributed by atoms with Gasteiger partial charge in [-0.25, -0.2) is 27.9 Å². The van der Waals surface area contributed by atoms with Gasteiger partial charge in [0.1, 0.15) is 0 Å². The van der Waals surface area contributed by atoms with Gasteiger partial charge < -0.3 is 0 Å². The van der Waals surface area contributed by atoms with Crippen molar-refractivity contribution in [3.05, 3.63) is 119 Å². The topological polar surface area (TPSA) is 105 Å². The lowest BCUT2D eigenvalue weighted by atomic mass is 10.4. The van der Waals surface area contributed by atoms with E-state index in [4.69, 9.17) is 0 Å². The van der Waals surface area contributed by atoms with Crippen molar-refractivity contribution in [2.45, 2.75) is 34.0 Å². The Bertz CT molecular complexity index is 1750. The Kier molecular flexibility index (Phi) is 7.26. The molecule has 2 aliphatic heterocycles. The normalized spacial score (nSPS) is 14.3. The molecule has 11 nitrogen and oxygen atoms in total. The quantitative estimate of drug-likeness (QED) is 0.174. The van der Waals surface area contributed by atoms with Crippen molar-refractivity contribution < 1.29 is 2.10 Å². The summed E-state index contributed by atoms with van der Waals surface area (Å²) in [7, 11) is 0. The van der Waals surface area contributed by atoms with Crippen molar-refractivity contribution in [3.63, 3.8) is 0 Å². The van der Waals surface area contributed by atoms with Gasteiger partial charge in [-0.3, -0.25) is 19.9 Å². The number of fused-ring (bicyclic) bond motifs is 2. The van der Waals surface area contributed by atoms with Crippen LogP contribution in [0, 0.1) is 0 Å². The largest absolute Gasteiger partial charge is 0.339 e. The predicted octanol–water partition coefficient (Wildman–Crippen LogP) is 5.75. The Hall–Kier alpha value is -4.02. The first-order valence-electron chi connectivity index (χ1n) is 13.2. The van der Waals surface area contributed by atoms with E-state index in [1.165, 1.54) is 0 Å². The molecular weight excluding hydrogens is 623 g/mol. The highest BCUT2D eigenvalue weighted by Crippen LogP contribution is 2.71. The number of rotatable bonds is 4. The molecule has 0 unspecified atom stereocenters. The molecule has 0 bridgehead atoms. The van der Waals surface area contributed by atoms with Crippen LogP contribution in [0.3, 0.4) is 0 Å². The standard InChI is InChI=1S/C26H16N9O2S4.C2H6/c36-25-31(17-1-9-27-10-2-17)21-22(32(25)18-3-11-28-12-4-18)39-35(38-21)40-23-24(41-35)34(20-7-15-30-16-8-20)26(37)33(23)19-5-13-29-14-6-19;1-2/h1-16H;1-2H3/q+1;. The highest BCUT2D eigenvalue weighted by molar-refractivity contribution is 8.31. The van der Waals surface area contributed by atoms with E-state index in [2.05, 4.69) is 19.9 Å². The number of pyridine rings is 4. The third kappa shape index (κ3) is 4.55. The van der Waals surface area contributed by atoms with Gasteiger partial charge in [0.15, 0.2) is 67.9 Å². The van der Waals surface area contributed by atoms with E-state index in [1.54, 1.807) is 116 Å². The fraction of sp³-hybridized carbons (Fsp3) is 0.0714. The molecular formula is C28H22N9O2S4+. The first-order valence-corrected chi connectivity index (χ1v) is 16.3. The molecule has 214 valence electrons. The second-order valence-electron chi connectivity index (χ2n) is 8.76. The maximum absolute atomic E-state index is 13.9. The number of aromatic nitrogens is 8. The van der Waals surface area contributed by atoms with Gasteiger partial charge in [0, 0.05) is 49.6 Å². The molecule has 0 aliphatic carbocycles. The van der Waals surface area contributed by atoms with Gasteiger partial charge in [-0.1, -0.05) is 16.0 Å². The van der Waals surface area contributed by atoms with E-state index >= 15 is 0 Å².